The van der Waals surface area contributed by atoms with Gasteiger partial charge < -0.3 is 4.90 Å². The van der Waals surface area contributed by atoms with Crippen molar-refractivity contribution >= 4 is 15.9 Å². The van der Waals surface area contributed by atoms with Gasteiger partial charge in [-0.1, -0.05) is 0 Å². The van der Waals surface area contributed by atoms with Crippen molar-refractivity contribution in [2.45, 2.75) is 44.6 Å². The van der Waals surface area contributed by atoms with E-state index < -0.39 is 10.0 Å². The van der Waals surface area contributed by atoms with Gasteiger partial charge in [0.05, 0.1) is 11.4 Å². The first-order valence-electron chi connectivity index (χ1n) is 7.99. The Kier molecular flexibility index (Phi) is 4.00. The summed E-state index contributed by atoms with van der Waals surface area (Å²) in [5.74, 6) is 0.236. The second-order valence-electron chi connectivity index (χ2n) is 6.72. The molecular weight excluding hydrogens is 316 g/mol. The van der Waals surface area contributed by atoms with Gasteiger partial charge in [0.25, 0.3) is 0 Å². The zero-order chi connectivity index (χ0) is 16.9. The number of sulfonamides is 1. The number of rotatable bonds is 2. The highest BCUT2D eigenvalue weighted by atomic mass is 32.2. The average Bonchev–Trinajstić information content (AvgIpc) is 2.67. The molecule has 7 nitrogen and oxygen atoms in total. The number of aromatic nitrogens is 2. The van der Waals surface area contributed by atoms with Gasteiger partial charge in [-0.2, -0.15) is 9.40 Å². The van der Waals surface area contributed by atoms with Crippen LogP contribution in [0, 0.1) is 19.8 Å². The fraction of sp³-hybridized carbons (Fsp3) is 0.733. The summed E-state index contributed by atoms with van der Waals surface area (Å²) >= 11 is 0. The third-order valence-corrected chi connectivity index (χ3v) is 7.29. The minimum absolute atomic E-state index is 0.0230. The second kappa shape index (κ2) is 5.59. The topological polar surface area (TPSA) is 75.5 Å². The van der Waals surface area contributed by atoms with Gasteiger partial charge >= 0.3 is 0 Å². The molecule has 8 heteroatoms. The van der Waals surface area contributed by atoms with Crippen LogP contribution in [-0.4, -0.2) is 59.0 Å². The van der Waals surface area contributed by atoms with Crippen LogP contribution in [-0.2, 0) is 21.9 Å². The van der Waals surface area contributed by atoms with E-state index in [1.165, 1.54) is 0 Å². The molecule has 4 heterocycles. The van der Waals surface area contributed by atoms with Crippen LogP contribution >= 0.6 is 0 Å². The number of aryl methyl sites for hydroxylation is 2. The predicted molar refractivity (Wildman–Crippen MR) is 85.3 cm³/mol. The molecule has 23 heavy (non-hydrogen) atoms. The Morgan fingerprint density at radius 1 is 1.17 bits per heavy atom. The molecule has 3 aliphatic rings. The summed E-state index contributed by atoms with van der Waals surface area (Å²) in [6, 6.07) is -0.137. The number of carbonyl (C=O) groups is 1. The fourth-order valence-electron chi connectivity index (χ4n) is 3.84. The van der Waals surface area contributed by atoms with Gasteiger partial charge in [-0.15, -0.1) is 0 Å². The Hall–Kier alpha value is -1.41. The highest BCUT2D eigenvalue weighted by Crippen LogP contribution is 2.34. The van der Waals surface area contributed by atoms with E-state index in [0.717, 1.165) is 12.8 Å². The molecule has 0 N–H and O–H groups in total. The van der Waals surface area contributed by atoms with Gasteiger partial charge in [0.15, 0.2) is 0 Å². The fourth-order valence-corrected chi connectivity index (χ4v) is 5.96. The molecule has 0 saturated carbocycles. The minimum Gasteiger partial charge on any atom is -0.341 e. The van der Waals surface area contributed by atoms with Crippen molar-refractivity contribution in [2.24, 2.45) is 13.0 Å². The van der Waals surface area contributed by atoms with Crippen LogP contribution in [0.5, 0.6) is 0 Å². The maximum atomic E-state index is 13.2. The van der Waals surface area contributed by atoms with Gasteiger partial charge in [0, 0.05) is 39.6 Å². The van der Waals surface area contributed by atoms with Crippen LogP contribution in [0.4, 0.5) is 0 Å². The van der Waals surface area contributed by atoms with E-state index >= 15 is 0 Å². The van der Waals surface area contributed by atoms with Crippen molar-refractivity contribution in [1.29, 1.82) is 0 Å². The van der Waals surface area contributed by atoms with Crippen molar-refractivity contribution in [3.05, 3.63) is 11.4 Å². The summed E-state index contributed by atoms with van der Waals surface area (Å²) in [6.07, 6.45) is 1.79. The van der Waals surface area contributed by atoms with Crippen molar-refractivity contribution in [3.8, 4) is 0 Å². The molecule has 0 unspecified atom stereocenters. The highest BCUT2D eigenvalue weighted by molar-refractivity contribution is 7.89. The molecule has 0 aromatic carbocycles. The number of hydrogen-bond donors (Lipinski definition) is 0. The van der Waals surface area contributed by atoms with E-state index in [9.17, 15) is 13.2 Å². The van der Waals surface area contributed by atoms with Gasteiger partial charge in [-0.25, -0.2) is 8.42 Å². The van der Waals surface area contributed by atoms with Crippen LogP contribution in [0.1, 0.15) is 31.2 Å². The number of hydrogen-bond acceptors (Lipinski definition) is 4. The lowest BCUT2D eigenvalue weighted by Gasteiger charge is -2.34. The second-order valence-corrected chi connectivity index (χ2v) is 8.55. The lowest BCUT2D eigenvalue weighted by Crippen LogP contribution is -2.47. The molecule has 0 spiro atoms. The number of fused-ring (bicyclic) bond motifs is 4. The van der Waals surface area contributed by atoms with Crippen LogP contribution in [0.3, 0.4) is 0 Å². The Labute approximate surface area is 137 Å². The minimum atomic E-state index is -3.59. The van der Waals surface area contributed by atoms with Crippen LogP contribution in [0.2, 0.25) is 0 Å². The van der Waals surface area contributed by atoms with Crippen molar-refractivity contribution in [3.63, 3.8) is 0 Å². The maximum Gasteiger partial charge on any atom is 0.247 e. The van der Waals surface area contributed by atoms with Crippen molar-refractivity contribution in [1.82, 2.24) is 19.0 Å². The van der Waals surface area contributed by atoms with Crippen LogP contribution in [0.15, 0.2) is 4.90 Å². The molecule has 2 bridgehead atoms. The average molecular weight is 340 g/mol. The summed E-state index contributed by atoms with van der Waals surface area (Å²) in [6.45, 7) is 6.71. The van der Waals surface area contributed by atoms with Gasteiger partial charge in [-0.3, -0.25) is 9.48 Å². The molecule has 1 aromatic heterocycles. The predicted octanol–water partition coefficient (Wildman–Crippen LogP) is 0.668. The molecule has 128 valence electrons. The normalized spacial score (nSPS) is 25.7. The number of amides is 1. The Morgan fingerprint density at radius 3 is 2.43 bits per heavy atom. The quantitative estimate of drug-likeness (QED) is 0.793. The van der Waals surface area contributed by atoms with E-state index in [-0.39, 0.29) is 17.9 Å². The molecule has 3 fully saturated rings. The lowest BCUT2D eigenvalue weighted by atomic mass is 9.97. The molecule has 2 atom stereocenters. The van der Waals surface area contributed by atoms with Gasteiger partial charge in [0.1, 0.15) is 4.90 Å². The number of piperidine rings is 1. The summed E-state index contributed by atoms with van der Waals surface area (Å²) in [4.78, 5) is 13.9. The van der Waals surface area contributed by atoms with E-state index in [2.05, 4.69) is 5.10 Å². The summed E-state index contributed by atoms with van der Waals surface area (Å²) in [7, 11) is -1.84. The lowest BCUT2D eigenvalue weighted by molar-refractivity contribution is -0.129. The van der Waals surface area contributed by atoms with E-state index in [0.29, 0.717) is 35.9 Å². The van der Waals surface area contributed by atoms with Crippen LogP contribution in [0.25, 0.3) is 0 Å². The zero-order valence-electron chi connectivity index (χ0n) is 14.1. The standard InChI is InChI=1S/C15H24N4O3S/c1-10-15(11(2)17(4)16-10)23(21,22)19-8-13-5-6-14(19)9-18(7-13)12(3)20/h13-14H,5-9H2,1-4H3/t13-,14+/m0/s1. The largest absolute Gasteiger partial charge is 0.341 e. The molecule has 3 saturated heterocycles. The smallest absolute Gasteiger partial charge is 0.247 e. The summed E-state index contributed by atoms with van der Waals surface area (Å²) < 4.78 is 29.7. The van der Waals surface area contributed by atoms with E-state index in [1.807, 2.05) is 0 Å². The molecular formula is C15H24N4O3S. The summed E-state index contributed by atoms with van der Waals surface area (Å²) in [5, 5.41) is 4.25. The van der Waals surface area contributed by atoms with Crippen LogP contribution < -0.4 is 0 Å². The van der Waals surface area contributed by atoms with E-state index in [4.69, 9.17) is 0 Å². The first-order chi connectivity index (χ1) is 10.7. The third kappa shape index (κ3) is 2.67. The first kappa shape index (κ1) is 16.4. The van der Waals surface area contributed by atoms with E-state index in [1.54, 1.807) is 41.7 Å². The van der Waals surface area contributed by atoms with Gasteiger partial charge in [-0.05, 0) is 32.6 Å². The summed E-state index contributed by atoms with van der Waals surface area (Å²) in [5.41, 5.74) is 1.19. The first-order valence-corrected chi connectivity index (χ1v) is 9.43. The molecule has 1 aromatic rings. The molecule has 4 rings (SSSR count). The maximum absolute atomic E-state index is 13.2. The monoisotopic (exact) mass is 340 g/mol. The Bertz CT molecular complexity index is 740. The zero-order valence-corrected chi connectivity index (χ0v) is 14.9. The highest BCUT2D eigenvalue weighted by Gasteiger charge is 2.43. The number of carbonyl (C=O) groups excluding carboxylic acids is 1. The third-order valence-electron chi connectivity index (χ3n) is 5.12. The van der Waals surface area contributed by atoms with Gasteiger partial charge in [0.2, 0.25) is 15.9 Å². The Morgan fingerprint density at radius 2 is 1.87 bits per heavy atom. The molecule has 1 amide bonds. The van der Waals surface area contributed by atoms with Crippen molar-refractivity contribution < 1.29 is 13.2 Å². The molecule has 0 aliphatic carbocycles. The number of nitrogens with zero attached hydrogens (tertiary/aromatic N) is 4. The van der Waals surface area contributed by atoms with Crippen molar-refractivity contribution in [2.75, 3.05) is 19.6 Å². The molecule has 0 radical (unpaired) electrons. The SMILES string of the molecule is CC(=O)N1C[C@@H]2CC[C@H](C1)N(S(=O)(=O)c1c(C)nn(C)c1C)C2. The molecule has 3 aliphatic heterocycles. The Balaban J connectivity index is 1.99.